The average Bonchev–Trinajstić information content (AvgIpc) is 2.67. The zero-order chi connectivity index (χ0) is 12.0. The van der Waals surface area contributed by atoms with Gasteiger partial charge in [0.1, 0.15) is 5.69 Å². The molecule has 5 nitrogen and oxygen atoms in total. The summed E-state index contributed by atoms with van der Waals surface area (Å²) in [5.74, 6) is 0. The number of fused-ring (bicyclic) bond motifs is 2. The molecule has 3 rings (SSSR count). The van der Waals surface area contributed by atoms with Crippen molar-refractivity contribution in [2.75, 3.05) is 5.43 Å². The Morgan fingerprint density at radius 2 is 2.35 bits per heavy atom. The SMILES string of the molecule is CC1=[N+]2Nc3cc([N+](=O)[O-])ccc3CC2CC1. The van der Waals surface area contributed by atoms with Crippen LogP contribution in [0.15, 0.2) is 18.2 Å². The lowest BCUT2D eigenvalue weighted by Gasteiger charge is -2.20. The Morgan fingerprint density at radius 1 is 1.53 bits per heavy atom. The van der Waals surface area contributed by atoms with Gasteiger partial charge < -0.3 is 0 Å². The first-order chi connectivity index (χ1) is 8.15. The van der Waals surface area contributed by atoms with Crippen LogP contribution in [0.5, 0.6) is 0 Å². The van der Waals surface area contributed by atoms with Gasteiger partial charge in [-0.1, -0.05) is 0 Å². The molecule has 0 radical (unpaired) electrons. The van der Waals surface area contributed by atoms with Crippen molar-refractivity contribution in [3.8, 4) is 0 Å². The number of nitrogens with one attached hydrogen (secondary N) is 1. The Hall–Kier alpha value is -1.91. The van der Waals surface area contributed by atoms with E-state index in [0.29, 0.717) is 6.04 Å². The molecule has 0 saturated carbocycles. The molecule has 88 valence electrons. The van der Waals surface area contributed by atoms with Gasteiger partial charge in [-0.25, -0.2) is 0 Å². The predicted molar refractivity (Wildman–Crippen MR) is 64.4 cm³/mol. The number of nitro benzene ring substituents is 1. The molecule has 2 aliphatic heterocycles. The normalized spacial score (nSPS) is 21.8. The standard InChI is InChI=1S/C12H14N3O2/c1-8-2-4-10-6-9-3-5-11(15(16)17)7-12(9)13-14(8)10/h3,5,7,10,13H,2,4,6H2,1H3/q+1. The van der Waals surface area contributed by atoms with Crippen molar-refractivity contribution >= 4 is 17.1 Å². The molecule has 5 heteroatoms. The largest absolute Gasteiger partial charge is 0.271 e. The third kappa shape index (κ3) is 1.58. The second-order valence-corrected chi connectivity index (χ2v) is 4.71. The van der Waals surface area contributed by atoms with Crippen LogP contribution in [0.2, 0.25) is 0 Å². The van der Waals surface area contributed by atoms with E-state index < -0.39 is 0 Å². The Balaban J connectivity index is 2.03. The average molecular weight is 232 g/mol. The van der Waals surface area contributed by atoms with Gasteiger partial charge in [0, 0.05) is 38.3 Å². The summed E-state index contributed by atoms with van der Waals surface area (Å²) in [4.78, 5) is 10.4. The van der Waals surface area contributed by atoms with E-state index in [1.54, 1.807) is 12.1 Å². The number of anilines is 1. The van der Waals surface area contributed by atoms with E-state index in [1.807, 2.05) is 6.07 Å². The smallest absolute Gasteiger partial charge is 0.258 e. The summed E-state index contributed by atoms with van der Waals surface area (Å²) in [5, 5.41) is 10.7. The second-order valence-electron chi connectivity index (χ2n) is 4.71. The van der Waals surface area contributed by atoms with E-state index in [1.165, 1.54) is 11.3 Å². The third-order valence-electron chi connectivity index (χ3n) is 3.62. The number of rotatable bonds is 1. The van der Waals surface area contributed by atoms with Gasteiger partial charge in [0.25, 0.3) is 5.69 Å². The Bertz CT molecular complexity index is 537. The number of nitrogens with zero attached hydrogens (tertiary/aromatic N) is 2. The van der Waals surface area contributed by atoms with E-state index in [9.17, 15) is 10.1 Å². The number of nitro groups is 1. The second kappa shape index (κ2) is 3.55. The van der Waals surface area contributed by atoms with Crippen LogP contribution in [0, 0.1) is 10.1 Å². The van der Waals surface area contributed by atoms with Gasteiger partial charge >= 0.3 is 0 Å². The number of hydrogen-bond acceptors (Lipinski definition) is 3. The summed E-state index contributed by atoms with van der Waals surface area (Å²) in [6.45, 7) is 2.11. The lowest BCUT2D eigenvalue weighted by atomic mass is 10.0. The maximum absolute atomic E-state index is 10.7. The first-order valence-corrected chi connectivity index (χ1v) is 5.81. The summed E-state index contributed by atoms with van der Waals surface area (Å²) in [7, 11) is 0. The molecule has 1 N–H and O–H groups in total. The van der Waals surface area contributed by atoms with Crippen molar-refractivity contribution < 1.29 is 9.61 Å². The third-order valence-corrected chi connectivity index (χ3v) is 3.62. The van der Waals surface area contributed by atoms with Crippen LogP contribution in [0.1, 0.15) is 25.3 Å². The summed E-state index contributed by atoms with van der Waals surface area (Å²) in [5.41, 5.74) is 6.80. The summed E-state index contributed by atoms with van der Waals surface area (Å²) < 4.78 is 2.16. The molecule has 0 saturated heterocycles. The molecule has 0 aliphatic carbocycles. The topological polar surface area (TPSA) is 58.2 Å². The van der Waals surface area contributed by atoms with Crippen LogP contribution in [-0.2, 0) is 6.42 Å². The monoisotopic (exact) mass is 232 g/mol. The van der Waals surface area contributed by atoms with Gasteiger partial charge in [0.2, 0.25) is 0 Å². The number of hydrogen-bond donors (Lipinski definition) is 1. The molecule has 1 aromatic rings. The summed E-state index contributed by atoms with van der Waals surface area (Å²) >= 11 is 0. The molecule has 0 bridgehead atoms. The number of non-ortho nitro benzene ring substituents is 1. The van der Waals surface area contributed by atoms with Crippen molar-refractivity contribution in [1.82, 2.24) is 0 Å². The molecule has 0 spiro atoms. The minimum atomic E-state index is -0.353. The predicted octanol–water partition coefficient (Wildman–Crippen LogP) is 2.11. The highest BCUT2D eigenvalue weighted by molar-refractivity contribution is 5.79. The molecule has 2 heterocycles. The van der Waals surface area contributed by atoms with Crippen LogP contribution in [0.25, 0.3) is 0 Å². The van der Waals surface area contributed by atoms with E-state index >= 15 is 0 Å². The van der Waals surface area contributed by atoms with E-state index in [4.69, 9.17) is 0 Å². The van der Waals surface area contributed by atoms with Crippen LogP contribution in [0.3, 0.4) is 0 Å². The highest BCUT2D eigenvalue weighted by atomic mass is 16.6. The molecular weight excluding hydrogens is 218 g/mol. The van der Waals surface area contributed by atoms with Crippen molar-refractivity contribution in [2.24, 2.45) is 0 Å². The summed E-state index contributed by atoms with van der Waals surface area (Å²) in [6, 6.07) is 5.58. The summed E-state index contributed by atoms with van der Waals surface area (Å²) in [6.07, 6.45) is 3.24. The number of benzene rings is 1. The Kier molecular flexibility index (Phi) is 2.14. The van der Waals surface area contributed by atoms with E-state index in [0.717, 1.165) is 24.9 Å². The van der Waals surface area contributed by atoms with Gasteiger partial charge in [-0.3, -0.25) is 10.1 Å². The van der Waals surface area contributed by atoms with E-state index in [2.05, 4.69) is 17.0 Å². The first kappa shape index (κ1) is 10.3. The van der Waals surface area contributed by atoms with Crippen molar-refractivity contribution in [3.05, 3.63) is 33.9 Å². The molecule has 2 aliphatic rings. The van der Waals surface area contributed by atoms with Crippen LogP contribution in [0.4, 0.5) is 11.4 Å². The van der Waals surface area contributed by atoms with Crippen LogP contribution < -0.4 is 5.43 Å². The zero-order valence-electron chi connectivity index (χ0n) is 9.64. The fraction of sp³-hybridized carbons (Fsp3) is 0.417. The molecule has 0 aromatic heterocycles. The molecular formula is C12H14N3O2+. The maximum Gasteiger partial charge on any atom is 0.271 e. The molecule has 0 amide bonds. The van der Waals surface area contributed by atoms with Gasteiger partial charge in [0.05, 0.1) is 4.92 Å². The van der Waals surface area contributed by atoms with Gasteiger partial charge in [-0.05, 0) is 11.6 Å². The van der Waals surface area contributed by atoms with Crippen LogP contribution in [-0.4, -0.2) is 21.4 Å². The van der Waals surface area contributed by atoms with Crippen molar-refractivity contribution in [1.29, 1.82) is 0 Å². The minimum Gasteiger partial charge on any atom is -0.258 e. The van der Waals surface area contributed by atoms with Gasteiger partial charge in [-0.15, -0.1) is 4.68 Å². The zero-order valence-corrected chi connectivity index (χ0v) is 9.64. The lowest BCUT2D eigenvalue weighted by Crippen LogP contribution is -2.35. The quantitative estimate of drug-likeness (QED) is 0.458. The fourth-order valence-electron chi connectivity index (χ4n) is 2.66. The Labute approximate surface area is 98.9 Å². The van der Waals surface area contributed by atoms with E-state index in [-0.39, 0.29) is 10.6 Å². The number of hydrazone groups is 1. The first-order valence-electron chi connectivity index (χ1n) is 5.81. The van der Waals surface area contributed by atoms with Crippen molar-refractivity contribution in [2.45, 2.75) is 32.2 Å². The highest BCUT2D eigenvalue weighted by Crippen LogP contribution is 2.31. The number of hydrazine groups is 1. The van der Waals surface area contributed by atoms with Gasteiger partial charge in [-0.2, -0.15) is 5.43 Å². The molecule has 17 heavy (non-hydrogen) atoms. The van der Waals surface area contributed by atoms with Gasteiger partial charge in [0.15, 0.2) is 11.8 Å². The van der Waals surface area contributed by atoms with Crippen molar-refractivity contribution in [3.63, 3.8) is 0 Å². The fourth-order valence-corrected chi connectivity index (χ4v) is 2.66. The Morgan fingerprint density at radius 3 is 3.12 bits per heavy atom. The van der Waals surface area contributed by atoms with Crippen LogP contribution >= 0.6 is 0 Å². The maximum atomic E-state index is 10.7. The molecule has 0 fully saturated rings. The molecule has 1 aromatic carbocycles. The molecule has 1 atom stereocenters. The minimum absolute atomic E-state index is 0.145. The highest BCUT2D eigenvalue weighted by Gasteiger charge is 2.36. The molecule has 1 unspecified atom stereocenters. The lowest BCUT2D eigenvalue weighted by molar-refractivity contribution is -0.532.